The summed E-state index contributed by atoms with van der Waals surface area (Å²) in [6.07, 6.45) is -0.506. The van der Waals surface area contributed by atoms with Crippen LogP contribution in [0, 0.1) is 0 Å². The van der Waals surface area contributed by atoms with Crippen molar-refractivity contribution >= 4 is 5.91 Å². The lowest BCUT2D eigenvalue weighted by Crippen LogP contribution is -2.44. The minimum Gasteiger partial charge on any atom is -0.376 e. The summed E-state index contributed by atoms with van der Waals surface area (Å²) in [6, 6.07) is 16.5. The van der Waals surface area contributed by atoms with Crippen molar-refractivity contribution in [2.45, 2.75) is 12.1 Å². The number of likely N-dealkylation sites (N-methyl/N-ethyl adjacent to an activating group) is 1. The SMILES string of the molecule is CN(C(=O)C1COCCO1)C1c2ccccc2-c2ccccc21. The van der Waals surface area contributed by atoms with Gasteiger partial charge in [-0.25, -0.2) is 0 Å². The quantitative estimate of drug-likeness (QED) is 0.856. The van der Waals surface area contributed by atoms with Crippen LogP contribution < -0.4 is 0 Å². The minimum atomic E-state index is -0.506. The Morgan fingerprint density at radius 1 is 1.00 bits per heavy atom. The van der Waals surface area contributed by atoms with Crippen molar-refractivity contribution in [2.24, 2.45) is 0 Å². The molecular formula is C19H19NO3. The average Bonchev–Trinajstić information content (AvgIpc) is 2.96. The molecule has 1 aliphatic heterocycles. The number of benzene rings is 2. The summed E-state index contributed by atoms with van der Waals surface area (Å²) < 4.78 is 11.0. The molecule has 1 unspecified atom stereocenters. The van der Waals surface area contributed by atoms with Gasteiger partial charge in [-0.15, -0.1) is 0 Å². The largest absolute Gasteiger partial charge is 0.376 e. The Morgan fingerprint density at radius 3 is 2.17 bits per heavy atom. The summed E-state index contributed by atoms with van der Waals surface area (Å²) in [5.74, 6) is -0.0267. The maximum Gasteiger partial charge on any atom is 0.254 e. The van der Waals surface area contributed by atoms with E-state index in [1.165, 1.54) is 22.3 Å². The van der Waals surface area contributed by atoms with Crippen LogP contribution in [0.1, 0.15) is 17.2 Å². The van der Waals surface area contributed by atoms with Crippen molar-refractivity contribution in [3.05, 3.63) is 59.7 Å². The normalized spacial score (nSPS) is 20.0. The number of amides is 1. The van der Waals surface area contributed by atoms with Crippen molar-refractivity contribution in [3.63, 3.8) is 0 Å². The third kappa shape index (κ3) is 2.35. The van der Waals surface area contributed by atoms with E-state index in [1.54, 1.807) is 4.90 Å². The highest BCUT2D eigenvalue weighted by Gasteiger charge is 2.36. The fourth-order valence-corrected chi connectivity index (χ4v) is 3.53. The molecule has 4 rings (SSSR count). The van der Waals surface area contributed by atoms with Crippen LogP contribution in [-0.2, 0) is 14.3 Å². The van der Waals surface area contributed by atoms with E-state index < -0.39 is 6.10 Å². The van der Waals surface area contributed by atoms with Crippen LogP contribution in [0.15, 0.2) is 48.5 Å². The van der Waals surface area contributed by atoms with Gasteiger partial charge in [-0.2, -0.15) is 0 Å². The van der Waals surface area contributed by atoms with E-state index in [2.05, 4.69) is 24.3 Å². The number of rotatable bonds is 2. The molecule has 1 aliphatic carbocycles. The number of carbonyl (C=O) groups excluding carboxylic acids is 1. The van der Waals surface area contributed by atoms with E-state index in [4.69, 9.17) is 9.47 Å². The zero-order valence-corrected chi connectivity index (χ0v) is 13.1. The summed E-state index contributed by atoms with van der Waals surface area (Å²) >= 11 is 0. The predicted octanol–water partition coefficient (Wildman–Crippen LogP) is 2.63. The molecule has 0 aromatic heterocycles. The van der Waals surface area contributed by atoms with E-state index >= 15 is 0 Å². The molecule has 1 amide bonds. The first-order chi connectivity index (χ1) is 11.3. The second-order valence-corrected chi connectivity index (χ2v) is 5.96. The minimum absolute atomic E-state index is 0.0267. The highest BCUT2D eigenvalue weighted by Crippen LogP contribution is 2.45. The van der Waals surface area contributed by atoms with Gasteiger partial charge in [-0.1, -0.05) is 48.5 Å². The van der Waals surface area contributed by atoms with Gasteiger partial charge in [0.1, 0.15) is 0 Å². The molecule has 0 spiro atoms. The monoisotopic (exact) mass is 309 g/mol. The zero-order valence-electron chi connectivity index (χ0n) is 13.1. The standard InChI is InChI=1S/C19H19NO3/c1-20(19(21)17-12-22-10-11-23-17)18-15-8-4-2-6-13(15)14-7-3-5-9-16(14)18/h2-9,17-18H,10-12H2,1H3. The molecule has 0 bridgehead atoms. The van der Waals surface area contributed by atoms with Gasteiger partial charge in [0.2, 0.25) is 0 Å². The van der Waals surface area contributed by atoms with E-state index in [1.807, 2.05) is 31.3 Å². The van der Waals surface area contributed by atoms with Gasteiger partial charge in [0.25, 0.3) is 5.91 Å². The highest BCUT2D eigenvalue weighted by atomic mass is 16.6. The van der Waals surface area contributed by atoms with Crippen molar-refractivity contribution in [1.29, 1.82) is 0 Å². The Bertz CT molecular complexity index is 691. The fourth-order valence-electron chi connectivity index (χ4n) is 3.53. The summed E-state index contributed by atoms with van der Waals surface area (Å²) in [5, 5.41) is 0. The topological polar surface area (TPSA) is 38.8 Å². The Balaban J connectivity index is 1.71. The van der Waals surface area contributed by atoms with E-state index in [-0.39, 0.29) is 11.9 Å². The van der Waals surface area contributed by atoms with Crippen LogP contribution in [0.2, 0.25) is 0 Å². The second kappa shape index (κ2) is 5.80. The van der Waals surface area contributed by atoms with Crippen LogP contribution in [0.4, 0.5) is 0 Å². The van der Waals surface area contributed by atoms with Gasteiger partial charge in [0, 0.05) is 7.05 Å². The van der Waals surface area contributed by atoms with Gasteiger partial charge in [-0.05, 0) is 22.3 Å². The van der Waals surface area contributed by atoms with E-state index in [0.29, 0.717) is 19.8 Å². The summed E-state index contributed by atoms with van der Waals surface area (Å²) in [4.78, 5) is 14.6. The zero-order chi connectivity index (χ0) is 15.8. The maximum atomic E-state index is 12.8. The third-order valence-corrected chi connectivity index (χ3v) is 4.63. The molecule has 2 aliphatic rings. The van der Waals surface area contributed by atoms with Crippen LogP contribution in [0.25, 0.3) is 11.1 Å². The molecule has 118 valence electrons. The Morgan fingerprint density at radius 2 is 1.61 bits per heavy atom. The van der Waals surface area contributed by atoms with Gasteiger partial charge < -0.3 is 14.4 Å². The van der Waals surface area contributed by atoms with Gasteiger partial charge in [0.15, 0.2) is 6.10 Å². The van der Waals surface area contributed by atoms with Crippen molar-refractivity contribution in [2.75, 3.05) is 26.9 Å². The van der Waals surface area contributed by atoms with Crippen LogP contribution >= 0.6 is 0 Å². The Hall–Kier alpha value is -2.17. The Kier molecular flexibility index (Phi) is 3.63. The van der Waals surface area contributed by atoms with Crippen molar-refractivity contribution in [3.8, 4) is 11.1 Å². The molecule has 1 atom stereocenters. The van der Waals surface area contributed by atoms with Crippen LogP contribution in [-0.4, -0.2) is 43.8 Å². The molecule has 23 heavy (non-hydrogen) atoms. The molecule has 1 saturated heterocycles. The van der Waals surface area contributed by atoms with Crippen molar-refractivity contribution in [1.82, 2.24) is 4.90 Å². The smallest absolute Gasteiger partial charge is 0.254 e. The number of carbonyl (C=O) groups is 1. The summed E-state index contributed by atoms with van der Waals surface area (Å²) in [5.41, 5.74) is 4.74. The highest BCUT2D eigenvalue weighted by molar-refractivity contribution is 5.85. The van der Waals surface area contributed by atoms with Gasteiger partial charge in [0.05, 0.1) is 25.9 Å². The third-order valence-electron chi connectivity index (χ3n) is 4.63. The first-order valence-corrected chi connectivity index (χ1v) is 7.91. The molecule has 0 N–H and O–H groups in total. The van der Waals surface area contributed by atoms with Crippen molar-refractivity contribution < 1.29 is 14.3 Å². The van der Waals surface area contributed by atoms with Gasteiger partial charge >= 0.3 is 0 Å². The summed E-state index contributed by atoms with van der Waals surface area (Å²) in [6.45, 7) is 1.36. The molecule has 2 aromatic carbocycles. The maximum absolute atomic E-state index is 12.8. The van der Waals surface area contributed by atoms with E-state index in [0.717, 1.165) is 0 Å². The van der Waals surface area contributed by atoms with Gasteiger partial charge in [-0.3, -0.25) is 4.79 Å². The molecule has 0 radical (unpaired) electrons. The fraction of sp³-hybridized carbons (Fsp3) is 0.316. The Labute approximate surface area is 135 Å². The lowest BCUT2D eigenvalue weighted by atomic mass is 10.0. The first-order valence-electron chi connectivity index (χ1n) is 7.91. The molecule has 1 fully saturated rings. The van der Waals surface area contributed by atoms with Crippen LogP contribution in [0.3, 0.4) is 0 Å². The molecule has 1 heterocycles. The average molecular weight is 309 g/mol. The lowest BCUT2D eigenvalue weighted by molar-refractivity contribution is -0.158. The first kappa shape index (κ1) is 14.4. The number of hydrogen-bond acceptors (Lipinski definition) is 3. The molecule has 0 saturated carbocycles. The number of fused-ring (bicyclic) bond motifs is 3. The molecule has 4 heteroatoms. The predicted molar refractivity (Wildman–Crippen MR) is 87.1 cm³/mol. The molecular weight excluding hydrogens is 290 g/mol. The van der Waals surface area contributed by atoms with Crippen LogP contribution in [0.5, 0.6) is 0 Å². The number of hydrogen-bond donors (Lipinski definition) is 0. The summed E-state index contributed by atoms with van der Waals surface area (Å²) in [7, 11) is 1.85. The lowest BCUT2D eigenvalue weighted by Gasteiger charge is -2.31. The second-order valence-electron chi connectivity index (χ2n) is 5.96. The number of nitrogens with zero attached hydrogens (tertiary/aromatic N) is 1. The molecule has 2 aromatic rings. The number of ether oxygens (including phenoxy) is 2. The van der Waals surface area contributed by atoms with E-state index in [9.17, 15) is 4.79 Å². The molecule has 4 nitrogen and oxygen atoms in total.